The number of hydrogen-bond acceptors (Lipinski definition) is 7. The van der Waals surface area contributed by atoms with Crippen LogP contribution in [0.1, 0.15) is 45.0 Å². The van der Waals surface area contributed by atoms with Gasteiger partial charge in [0.2, 0.25) is 11.9 Å². The average Bonchev–Trinajstić information content (AvgIpc) is 3.38. The molecule has 9 heteroatoms. The quantitative estimate of drug-likeness (QED) is 0.352. The number of nitrogens with zero attached hydrogens (tertiary/aromatic N) is 5. The molecule has 1 unspecified atom stereocenters. The van der Waals surface area contributed by atoms with Gasteiger partial charge in [0.1, 0.15) is 18.2 Å². The molecule has 0 fully saturated rings. The van der Waals surface area contributed by atoms with Crippen molar-refractivity contribution in [3.8, 4) is 5.95 Å². The van der Waals surface area contributed by atoms with Crippen LogP contribution in [0.25, 0.3) is 5.95 Å². The average molecular weight is 466 g/mol. The van der Waals surface area contributed by atoms with E-state index in [0.717, 1.165) is 24.2 Å². The number of carbonyl (C=O) groups excluding carboxylic acids is 1. The number of ether oxygens (including phenoxy) is 1. The van der Waals surface area contributed by atoms with Gasteiger partial charge in [0.05, 0.1) is 0 Å². The summed E-state index contributed by atoms with van der Waals surface area (Å²) in [6, 6.07) is 7.41. The van der Waals surface area contributed by atoms with Gasteiger partial charge in [-0.05, 0) is 50.7 Å². The standard InChI is InChI=1S/C25H35N7O2/c1-4-34-15-7-12-28-24(33)22(16-19(2)3)30-23-17-21(10-9-20-8-5-6-11-27-20)29-25(31-23)32-14-13-26-18-32/h5-6,8,11,13-14,17-19,22H,4,7,9-10,12,15-16H2,1-3H3,(H,28,33)(H,29,30,31). The van der Waals surface area contributed by atoms with Crippen molar-refractivity contribution in [1.82, 2.24) is 29.8 Å². The zero-order valence-corrected chi connectivity index (χ0v) is 20.3. The summed E-state index contributed by atoms with van der Waals surface area (Å²) in [7, 11) is 0. The maximum Gasteiger partial charge on any atom is 0.242 e. The first-order chi connectivity index (χ1) is 16.5. The second-order valence-electron chi connectivity index (χ2n) is 8.50. The Morgan fingerprint density at radius 2 is 2.00 bits per heavy atom. The first kappa shape index (κ1) is 25.3. The number of nitrogens with one attached hydrogen (secondary N) is 2. The van der Waals surface area contributed by atoms with Crippen LogP contribution in [0.2, 0.25) is 0 Å². The maximum atomic E-state index is 12.9. The molecule has 0 aliphatic carbocycles. The van der Waals surface area contributed by atoms with Gasteiger partial charge in [-0.2, -0.15) is 4.98 Å². The fraction of sp³-hybridized carbons (Fsp3) is 0.480. The van der Waals surface area contributed by atoms with E-state index in [1.54, 1.807) is 29.5 Å². The molecule has 9 nitrogen and oxygen atoms in total. The molecule has 2 N–H and O–H groups in total. The summed E-state index contributed by atoms with van der Waals surface area (Å²) in [4.78, 5) is 30.8. The molecule has 0 aliphatic heterocycles. The molecule has 182 valence electrons. The van der Waals surface area contributed by atoms with Crippen LogP contribution in [0, 0.1) is 5.92 Å². The highest BCUT2D eigenvalue weighted by Crippen LogP contribution is 2.16. The Labute approximate surface area is 201 Å². The molecule has 1 atom stereocenters. The monoisotopic (exact) mass is 465 g/mol. The zero-order chi connectivity index (χ0) is 24.2. The molecule has 0 aliphatic rings. The summed E-state index contributed by atoms with van der Waals surface area (Å²) >= 11 is 0. The van der Waals surface area contributed by atoms with Gasteiger partial charge in [0.25, 0.3) is 0 Å². The van der Waals surface area contributed by atoms with Crippen molar-refractivity contribution >= 4 is 11.7 Å². The molecule has 0 aromatic carbocycles. The second-order valence-corrected chi connectivity index (χ2v) is 8.50. The van der Waals surface area contributed by atoms with Gasteiger partial charge >= 0.3 is 0 Å². The number of amides is 1. The van der Waals surface area contributed by atoms with Gasteiger partial charge in [-0.3, -0.25) is 14.3 Å². The molecule has 3 aromatic rings. The maximum absolute atomic E-state index is 12.9. The van der Waals surface area contributed by atoms with Gasteiger partial charge in [0, 0.05) is 55.8 Å². The number of pyridine rings is 1. The first-order valence-corrected chi connectivity index (χ1v) is 11.9. The first-order valence-electron chi connectivity index (χ1n) is 11.9. The minimum absolute atomic E-state index is 0.0389. The molecular formula is C25H35N7O2. The molecule has 0 saturated carbocycles. The Morgan fingerprint density at radius 3 is 2.71 bits per heavy atom. The second kappa shape index (κ2) is 13.4. The van der Waals surface area contributed by atoms with E-state index < -0.39 is 6.04 Å². The third-order valence-electron chi connectivity index (χ3n) is 5.18. The van der Waals surface area contributed by atoms with Crippen LogP contribution in [0.3, 0.4) is 0 Å². The van der Waals surface area contributed by atoms with E-state index in [1.165, 1.54) is 0 Å². The van der Waals surface area contributed by atoms with Crippen molar-refractivity contribution in [2.45, 2.75) is 52.5 Å². The molecule has 0 saturated heterocycles. The normalized spacial score (nSPS) is 12.0. The Balaban J connectivity index is 1.75. The van der Waals surface area contributed by atoms with Crippen molar-refractivity contribution in [2.75, 3.05) is 25.1 Å². The van der Waals surface area contributed by atoms with Gasteiger partial charge in [-0.1, -0.05) is 19.9 Å². The van der Waals surface area contributed by atoms with E-state index in [4.69, 9.17) is 9.72 Å². The highest BCUT2D eigenvalue weighted by atomic mass is 16.5. The number of rotatable bonds is 14. The molecule has 3 aromatic heterocycles. The van der Waals surface area contributed by atoms with E-state index >= 15 is 0 Å². The molecule has 34 heavy (non-hydrogen) atoms. The van der Waals surface area contributed by atoms with Gasteiger partial charge < -0.3 is 15.4 Å². The predicted molar refractivity (Wildman–Crippen MR) is 132 cm³/mol. The van der Waals surface area contributed by atoms with Crippen LogP contribution < -0.4 is 10.6 Å². The molecule has 0 radical (unpaired) electrons. The van der Waals surface area contributed by atoms with Crippen LogP contribution in [-0.4, -0.2) is 56.2 Å². The zero-order valence-electron chi connectivity index (χ0n) is 20.3. The van der Waals surface area contributed by atoms with E-state index in [2.05, 4.69) is 39.4 Å². The van der Waals surface area contributed by atoms with Crippen molar-refractivity contribution in [3.05, 3.63) is 60.6 Å². The van der Waals surface area contributed by atoms with Crippen LogP contribution in [0.4, 0.5) is 5.82 Å². The van der Waals surface area contributed by atoms with Crippen LogP contribution in [0.5, 0.6) is 0 Å². The molecule has 3 heterocycles. The predicted octanol–water partition coefficient (Wildman–Crippen LogP) is 3.21. The summed E-state index contributed by atoms with van der Waals surface area (Å²) in [6.45, 7) is 8.07. The highest BCUT2D eigenvalue weighted by Gasteiger charge is 2.21. The molecule has 0 bridgehead atoms. The summed E-state index contributed by atoms with van der Waals surface area (Å²) in [5.74, 6) is 1.43. The lowest BCUT2D eigenvalue weighted by atomic mass is 10.0. The number of hydrogen-bond donors (Lipinski definition) is 2. The topological polar surface area (TPSA) is 107 Å². The van der Waals surface area contributed by atoms with Crippen LogP contribution in [-0.2, 0) is 22.4 Å². The van der Waals surface area contributed by atoms with Crippen molar-refractivity contribution < 1.29 is 9.53 Å². The Hall–Kier alpha value is -3.33. The fourth-order valence-electron chi connectivity index (χ4n) is 3.52. The summed E-state index contributed by atoms with van der Waals surface area (Å²) in [6.07, 6.45) is 9.88. The number of aryl methyl sites for hydroxylation is 2. The van der Waals surface area contributed by atoms with Gasteiger partial charge in [-0.25, -0.2) is 9.97 Å². The Morgan fingerprint density at radius 1 is 1.15 bits per heavy atom. The largest absolute Gasteiger partial charge is 0.382 e. The summed E-state index contributed by atoms with van der Waals surface area (Å²) < 4.78 is 7.12. The minimum atomic E-state index is -0.402. The van der Waals surface area contributed by atoms with E-state index in [0.29, 0.717) is 50.3 Å². The van der Waals surface area contributed by atoms with Crippen LogP contribution >= 0.6 is 0 Å². The fourth-order valence-corrected chi connectivity index (χ4v) is 3.52. The number of aromatic nitrogens is 5. The summed E-state index contributed by atoms with van der Waals surface area (Å²) in [5.41, 5.74) is 1.87. The van der Waals surface area contributed by atoms with Gasteiger partial charge in [0.15, 0.2) is 0 Å². The smallest absolute Gasteiger partial charge is 0.242 e. The molecular weight excluding hydrogens is 430 g/mol. The lowest BCUT2D eigenvalue weighted by Crippen LogP contribution is -2.41. The SMILES string of the molecule is CCOCCCNC(=O)C(CC(C)C)Nc1cc(CCc2ccccn2)nc(-n2ccnc2)n1. The summed E-state index contributed by atoms with van der Waals surface area (Å²) in [5, 5.41) is 6.38. The number of imidazole rings is 1. The Bertz CT molecular complexity index is 994. The van der Waals surface area contributed by atoms with E-state index in [-0.39, 0.29) is 5.91 Å². The number of anilines is 1. The molecule has 3 rings (SSSR count). The van der Waals surface area contributed by atoms with Crippen LogP contribution in [0.15, 0.2) is 49.2 Å². The third-order valence-corrected chi connectivity index (χ3v) is 5.18. The van der Waals surface area contributed by atoms with Gasteiger partial charge in [-0.15, -0.1) is 0 Å². The highest BCUT2D eigenvalue weighted by molar-refractivity contribution is 5.84. The molecule has 0 spiro atoms. The Kier molecular flexibility index (Phi) is 9.97. The lowest BCUT2D eigenvalue weighted by Gasteiger charge is -2.21. The number of carbonyl (C=O) groups is 1. The van der Waals surface area contributed by atoms with Crippen molar-refractivity contribution in [1.29, 1.82) is 0 Å². The van der Waals surface area contributed by atoms with E-state index in [9.17, 15) is 4.79 Å². The lowest BCUT2D eigenvalue weighted by molar-refractivity contribution is -0.122. The van der Waals surface area contributed by atoms with E-state index in [1.807, 2.05) is 31.2 Å². The van der Waals surface area contributed by atoms with Crippen molar-refractivity contribution in [2.24, 2.45) is 5.92 Å². The minimum Gasteiger partial charge on any atom is -0.382 e. The van der Waals surface area contributed by atoms with Crippen molar-refractivity contribution in [3.63, 3.8) is 0 Å². The third kappa shape index (κ3) is 8.22. The molecule has 1 amide bonds.